The molecule has 0 aliphatic carbocycles. The van der Waals surface area contributed by atoms with Gasteiger partial charge in [-0.2, -0.15) is 0 Å². The van der Waals surface area contributed by atoms with Crippen LogP contribution in [0.25, 0.3) is 0 Å². The summed E-state index contributed by atoms with van der Waals surface area (Å²) in [7, 11) is 0. The number of benzene rings is 1. The molecule has 0 atom stereocenters. The summed E-state index contributed by atoms with van der Waals surface area (Å²) in [6.45, 7) is 3.01. The predicted molar refractivity (Wildman–Crippen MR) is 71.7 cm³/mol. The van der Waals surface area contributed by atoms with Crippen LogP contribution in [-0.2, 0) is 0 Å². The highest BCUT2D eigenvalue weighted by molar-refractivity contribution is 6.12. The van der Waals surface area contributed by atoms with Crippen LogP contribution in [-0.4, -0.2) is 17.4 Å². The third kappa shape index (κ3) is 2.96. The maximum absolute atomic E-state index is 9.76. The van der Waals surface area contributed by atoms with Crippen LogP contribution >= 0.6 is 0 Å². The second kappa shape index (κ2) is 5.67. The minimum absolute atomic E-state index is 0.317. The zero-order valence-electron chi connectivity index (χ0n) is 10.3. The third-order valence-electron chi connectivity index (χ3n) is 3.07. The van der Waals surface area contributed by atoms with Gasteiger partial charge < -0.3 is 5.11 Å². The molecule has 0 saturated carbocycles. The Morgan fingerprint density at radius 2 is 2.06 bits per heavy atom. The number of rotatable bonds is 5. The number of hydrogen-bond acceptors (Lipinski definition) is 2. The fourth-order valence-electron chi connectivity index (χ4n) is 2.08. The lowest BCUT2D eigenvalue weighted by atomic mass is 10.0. The molecule has 0 saturated heterocycles. The molecular formula is C15H19NO. The van der Waals surface area contributed by atoms with Gasteiger partial charge in [0, 0.05) is 5.56 Å². The van der Waals surface area contributed by atoms with Crippen LogP contribution in [0.2, 0.25) is 0 Å². The Bertz CT molecular complexity index is 446. The van der Waals surface area contributed by atoms with Crippen molar-refractivity contribution in [3.63, 3.8) is 0 Å². The number of phenolic OH excluding ortho intramolecular Hbond substituents is 1. The van der Waals surface area contributed by atoms with E-state index in [1.807, 2.05) is 18.2 Å². The summed E-state index contributed by atoms with van der Waals surface area (Å²) >= 11 is 0. The maximum Gasteiger partial charge on any atom is 0.124 e. The molecule has 1 aliphatic rings. The Hall–Kier alpha value is -1.57. The van der Waals surface area contributed by atoms with Crippen molar-refractivity contribution in [2.75, 3.05) is 6.54 Å². The van der Waals surface area contributed by atoms with Crippen LogP contribution in [0.3, 0.4) is 0 Å². The minimum atomic E-state index is 0.317. The van der Waals surface area contributed by atoms with Gasteiger partial charge >= 0.3 is 0 Å². The fraction of sp³-hybridized carbons (Fsp3) is 0.400. The van der Waals surface area contributed by atoms with Crippen molar-refractivity contribution in [3.8, 4) is 5.75 Å². The van der Waals surface area contributed by atoms with E-state index >= 15 is 0 Å². The van der Waals surface area contributed by atoms with Gasteiger partial charge in [-0.25, -0.2) is 0 Å². The zero-order chi connectivity index (χ0) is 12.1. The summed E-state index contributed by atoms with van der Waals surface area (Å²) in [6.07, 6.45) is 7.04. The normalized spacial score (nSPS) is 14.6. The molecule has 0 fully saturated rings. The molecule has 1 heterocycles. The van der Waals surface area contributed by atoms with Crippen molar-refractivity contribution in [3.05, 3.63) is 41.5 Å². The van der Waals surface area contributed by atoms with E-state index in [2.05, 4.69) is 18.0 Å². The quantitative estimate of drug-likeness (QED) is 0.767. The summed E-state index contributed by atoms with van der Waals surface area (Å²) in [4.78, 5) is 4.49. The summed E-state index contributed by atoms with van der Waals surface area (Å²) in [5.41, 5.74) is 3.16. The molecule has 1 aromatic rings. The van der Waals surface area contributed by atoms with Crippen LogP contribution in [0.15, 0.2) is 40.9 Å². The maximum atomic E-state index is 9.76. The molecule has 2 rings (SSSR count). The second-order valence-electron chi connectivity index (χ2n) is 4.48. The Morgan fingerprint density at radius 3 is 2.82 bits per heavy atom. The van der Waals surface area contributed by atoms with E-state index in [0.29, 0.717) is 5.75 Å². The Morgan fingerprint density at radius 1 is 1.24 bits per heavy atom. The predicted octanol–water partition coefficient (Wildman–Crippen LogP) is 3.70. The average Bonchev–Trinajstić information content (AvgIpc) is 2.79. The van der Waals surface area contributed by atoms with Crippen LogP contribution < -0.4 is 0 Å². The van der Waals surface area contributed by atoms with Crippen molar-refractivity contribution in [1.82, 2.24) is 0 Å². The van der Waals surface area contributed by atoms with E-state index in [9.17, 15) is 5.11 Å². The number of para-hydroxylation sites is 1. The molecule has 1 N–H and O–H groups in total. The van der Waals surface area contributed by atoms with E-state index in [4.69, 9.17) is 0 Å². The molecule has 2 nitrogen and oxygen atoms in total. The lowest BCUT2D eigenvalue weighted by Crippen LogP contribution is -1.93. The zero-order valence-corrected chi connectivity index (χ0v) is 10.3. The Balaban J connectivity index is 2.03. The lowest BCUT2D eigenvalue weighted by Gasteiger charge is -2.01. The molecule has 0 spiro atoms. The van der Waals surface area contributed by atoms with E-state index < -0.39 is 0 Å². The molecule has 2 heteroatoms. The average molecular weight is 229 g/mol. The van der Waals surface area contributed by atoms with Gasteiger partial charge in [-0.1, -0.05) is 31.9 Å². The smallest absolute Gasteiger partial charge is 0.124 e. The van der Waals surface area contributed by atoms with Gasteiger partial charge in [-0.05, 0) is 36.6 Å². The SMILES string of the molecule is CCCCCC1=CC(c2ccccc2O)=NC1. The van der Waals surface area contributed by atoms with Crippen molar-refractivity contribution in [2.24, 2.45) is 4.99 Å². The number of unbranched alkanes of at least 4 members (excludes halogenated alkanes) is 2. The number of hydrogen-bond donors (Lipinski definition) is 1. The van der Waals surface area contributed by atoms with Crippen LogP contribution in [0.4, 0.5) is 0 Å². The van der Waals surface area contributed by atoms with Gasteiger partial charge in [0.2, 0.25) is 0 Å². The first kappa shape index (κ1) is 11.9. The van der Waals surface area contributed by atoms with Gasteiger partial charge in [0.05, 0.1) is 12.3 Å². The number of aliphatic imine (C=N–C) groups is 1. The Labute approximate surface area is 103 Å². The van der Waals surface area contributed by atoms with Gasteiger partial charge in [0.25, 0.3) is 0 Å². The first-order valence-electron chi connectivity index (χ1n) is 6.33. The molecule has 17 heavy (non-hydrogen) atoms. The van der Waals surface area contributed by atoms with Crippen molar-refractivity contribution in [2.45, 2.75) is 32.6 Å². The topological polar surface area (TPSA) is 32.6 Å². The third-order valence-corrected chi connectivity index (χ3v) is 3.07. The van der Waals surface area contributed by atoms with Gasteiger partial charge in [-0.3, -0.25) is 4.99 Å². The van der Waals surface area contributed by atoms with E-state index in [1.54, 1.807) is 6.07 Å². The number of nitrogens with zero attached hydrogens (tertiary/aromatic N) is 1. The van der Waals surface area contributed by atoms with E-state index in [-0.39, 0.29) is 0 Å². The molecular weight excluding hydrogens is 210 g/mol. The van der Waals surface area contributed by atoms with Crippen LogP contribution in [0.5, 0.6) is 5.75 Å². The molecule has 0 bridgehead atoms. The highest BCUT2D eigenvalue weighted by atomic mass is 16.3. The Kier molecular flexibility index (Phi) is 3.97. The highest BCUT2D eigenvalue weighted by Crippen LogP contribution is 2.22. The number of allylic oxidation sites excluding steroid dienone is 1. The van der Waals surface area contributed by atoms with Gasteiger partial charge in [0.15, 0.2) is 0 Å². The first-order chi connectivity index (χ1) is 8.31. The minimum Gasteiger partial charge on any atom is -0.507 e. The first-order valence-corrected chi connectivity index (χ1v) is 6.33. The summed E-state index contributed by atoms with van der Waals surface area (Å²) in [5, 5.41) is 9.76. The van der Waals surface area contributed by atoms with Gasteiger partial charge in [-0.15, -0.1) is 0 Å². The standard InChI is InChI=1S/C15H19NO/c1-2-3-4-7-12-10-14(16-11-12)13-8-5-6-9-15(13)17/h5-6,8-10,17H,2-4,7,11H2,1H3. The van der Waals surface area contributed by atoms with Crippen LogP contribution in [0.1, 0.15) is 38.2 Å². The number of aromatic hydroxyl groups is 1. The second-order valence-corrected chi connectivity index (χ2v) is 4.48. The van der Waals surface area contributed by atoms with Gasteiger partial charge in [0.1, 0.15) is 5.75 Å². The molecule has 0 amide bonds. The molecule has 1 aliphatic heterocycles. The largest absolute Gasteiger partial charge is 0.507 e. The van der Waals surface area contributed by atoms with E-state index in [0.717, 1.165) is 24.2 Å². The lowest BCUT2D eigenvalue weighted by molar-refractivity contribution is 0.474. The van der Waals surface area contributed by atoms with E-state index in [1.165, 1.54) is 24.8 Å². The highest BCUT2D eigenvalue weighted by Gasteiger charge is 2.12. The fourth-order valence-corrected chi connectivity index (χ4v) is 2.08. The molecule has 0 radical (unpaired) electrons. The molecule has 90 valence electrons. The summed E-state index contributed by atoms with van der Waals surface area (Å²) in [5.74, 6) is 0.317. The monoisotopic (exact) mass is 229 g/mol. The molecule has 0 unspecified atom stereocenters. The summed E-state index contributed by atoms with van der Waals surface area (Å²) in [6, 6.07) is 7.39. The van der Waals surface area contributed by atoms with Crippen molar-refractivity contribution < 1.29 is 5.11 Å². The van der Waals surface area contributed by atoms with Crippen LogP contribution in [0, 0.1) is 0 Å². The summed E-state index contributed by atoms with van der Waals surface area (Å²) < 4.78 is 0. The van der Waals surface area contributed by atoms with Crippen molar-refractivity contribution >= 4 is 5.71 Å². The molecule has 1 aromatic carbocycles. The molecule has 0 aromatic heterocycles. The van der Waals surface area contributed by atoms with Crippen molar-refractivity contribution in [1.29, 1.82) is 0 Å². The number of phenols is 1.